The van der Waals surface area contributed by atoms with Crippen LogP contribution < -0.4 is 5.32 Å². The average molecular weight is 263 g/mol. The Morgan fingerprint density at radius 2 is 2.11 bits per heavy atom. The molecule has 1 heterocycles. The highest BCUT2D eigenvalue weighted by molar-refractivity contribution is 7.17. The number of methoxy groups -OCH3 is 1. The molecule has 0 radical (unpaired) electrons. The second kappa shape index (κ2) is 5.50. The van der Waals surface area contributed by atoms with Crippen LogP contribution in [0.4, 0.5) is 0 Å². The molecule has 0 saturated carbocycles. The van der Waals surface area contributed by atoms with Gasteiger partial charge in [0.2, 0.25) is 0 Å². The van der Waals surface area contributed by atoms with Crippen LogP contribution in [-0.4, -0.2) is 26.2 Å². The largest absolute Gasteiger partial charge is 0.468 e. The lowest BCUT2D eigenvalue weighted by molar-refractivity contribution is -0.143. The van der Waals surface area contributed by atoms with E-state index in [1.165, 1.54) is 22.8 Å². The van der Waals surface area contributed by atoms with E-state index in [9.17, 15) is 4.79 Å². The Morgan fingerprint density at radius 3 is 2.78 bits per heavy atom. The van der Waals surface area contributed by atoms with E-state index in [1.807, 2.05) is 19.1 Å². The maximum atomic E-state index is 11.7. The zero-order chi connectivity index (χ0) is 13.1. The topological polar surface area (TPSA) is 38.3 Å². The molecule has 0 bridgehead atoms. The second-order valence-corrected chi connectivity index (χ2v) is 5.18. The Kier molecular flexibility index (Phi) is 3.99. The predicted molar refractivity (Wildman–Crippen MR) is 75.1 cm³/mol. The Labute approximate surface area is 111 Å². The molecule has 0 amide bonds. The number of benzene rings is 1. The van der Waals surface area contributed by atoms with Gasteiger partial charge in [-0.1, -0.05) is 25.1 Å². The molecule has 2 rings (SSSR count). The van der Waals surface area contributed by atoms with E-state index in [4.69, 9.17) is 4.74 Å². The van der Waals surface area contributed by atoms with E-state index in [0.717, 1.165) is 0 Å². The molecule has 1 N–H and O–H groups in total. The maximum absolute atomic E-state index is 11.7. The van der Waals surface area contributed by atoms with Gasteiger partial charge in [-0.2, -0.15) is 0 Å². The quantitative estimate of drug-likeness (QED) is 0.862. The molecule has 0 aliphatic rings. The summed E-state index contributed by atoms with van der Waals surface area (Å²) in [5.41, 5.74) is 1.19. The van der Waals surface area contributed by atoms with Crippen molar-refractivity contribution in [1.29, 1.82) is 0 Å². The molecule has 96 valence electrons. The van der Waals surface area contributed by atoms with E-state index >= 15 is 0 Å². The highest BCUT2D eigenvalue weighted by Crippen LogP contribution is 2.32. The van der Waals surface area contributed by atoms with Crippen molar-refractivity contribution >= 4 is 27.4 Å². The summed E-state index contributed by atoms with van der Waals surface area (Å²) in [5.74, 6) is -0.140. The number of rotatable bonds is 4. The Hall–Kier alpha value is -1.39. The number of thiophene rings is 1. The monoisotopic (exact) mass is 263 g/mol. The van der Waals surface area contributed by atoms with E-state index in [0.29, 0.717) is 0 Å². The number of likely N-dealkylation sites (N-methyl/N-ethyl adjacent to an activating group) is 1. The van der Waals surface area contributed by atoms with Gasteiger partial charge in [-0.25, -0.2) is 0 Å². The number of carbonyl (C=O) groups excluding carboxylic acids is 1. The van der Waals surface area contributed by atoms with Crippen LogP contribution in [0.3, 0.4) is 0 Å². The lowest BCUT2D eigenvalue weighted by Gasteiger charge is -2.20. The molecule has 3 nitrogen and oxygen atoms in total. The maximum Gasteiger partial charge on any atom is 0.323 e. The molecule has 1 aromatic carbocycles. The Balaban J connectivity index is 2.38. The Morgan fingerprint density at radius 1 is 1.39 bits per heavy atom. The summed E-state index contributed by atoms with van der Waals surface area (Å²) < 4.78 is 6.09. The van der Waals surface area contributed by atoms with E-state index in [-0.39, 0.29) is 17.9 Å². The summed E-state index contributed by atoms with van der Waals surface area (Å²) in [4.78, 5) is 11.7. The molecule has 4 heteroatoms. The molecule has 0 unspecified atom stereocenters. The fourth-order valence-electron chi connectivity index (χ4n) is 2.23. The van der Waals surface area contributed by atoms with Crippen LogP contribution in [0.25, 0.3) is 10.1 Å². The van der Waals surface area contributed by atoms with Crippen molar-refractivity contribution in [2.75, 3.05) is 14.2 Å². The van der Waals surface area contributed by atoms with Crippen LogP contribution in [0.15, 0.2) is 29.6 Å². The third-order valence-electron chi connectivity index (χ3n) is 3.27. The van der Waals surface area contributed by atoms with Gasteiger partial charge in [0.1, 0.15) is 6.04 Å². The lowest BCUT2D eigenvalue weighted by atomic mass is 9.93. The third-order valence-corrected chi connectivity index (χ3v) is 4.25. The van der Waals surface area contributed by atoms with Crippen molar-refractivity contribution in [3.05, 3.63) is 35.2 Å². The molecule has 0 aliphatic carbocycles. The average Bonchev–Trinajstić information content (AvgIpc) is 2.82. The predicted octanol–water partition coefficient (Wildman–Crippen LogP) is 2.77. The van der Waals surface area contributed by atoms with Gasteiger partial charge in [-0.3, -0.25) is 4.79 Å². The first-order valence-corrected chi connectivity index (χ1v) is 6.78. The van der Waals surface area contributed by atoms with Crippen LogP contribution in [0, 0.1) is 0 Å². The first kappa shape index (κ1) is 13.1. The normalized spacial score (nSPS) is 14.4. The summed E-state index contributed by atoms with van der Waals surface area (Å²) in [6.45, 7) is 2.05. The molecule has 2 aromatic rings. The molecule has 0 spiro atoms. The molecular weight excluding hydrogens is 246 g/mol. The number of fused-ring (bicyclic) bond motifs is 1. The molecule has 0 aliphatic heterocycles. The molecule has 18 heavy (non-hydrogen) atoms. The van der Waals surface area contributed by atoms with Crippen molar-refractivity contribution < 1.29 is 9.53 Å². The van der Waals surface area contributed by atoms with Gasteiger partial charge >= 0.3 is 5.97 Å². The van der Waals surface area contributed by atoms with E-state index in [2.05, 4.69) is 22.8 Å². The fourth-order valence-corrected chi connectivity index (χ4v) is 3.29. The van der Waals surface area contributed by atoms with Gasteiger partial charge in [0.15, 0.2) is 0 Å². The number of nitrogens with one attached hydrogen (secondary N) is 1. The highest BCUT2D eigenvalue weighted by atomic mass is 32.1. The standard InChI is InChI=1S/C14H17NO2S/c1-9(13(15-2)14(16)17-3)11-8-18-12-7-5-4-6-10(11)12/h4-9,13,15H,1-3H3/t9-,13+/m0/s1. The summed E-state index contributed by atoms with van der Waals surface area (Å²) >= 11 is 1.71. The van der Waals surface area contributed by atoms with Crippen LogP contribution in [0.2, 0.25) is 0 Å². The van der Waals surface area contributed by atoms with Crippen LogP contribution in [-0.2, 0) is 9.53 Å². The minimum atomic E-state index is -0.312. The van der Waals surface area contributed by atoms with Crippen molar-refractivity contribution in [2.45, 2.75) is 18.9 Å². The van der Waals surface area contributed by atoms with Crippen molar-refractivity contribution in [2.24, 2.45) is 0 Å². The molecule has 0 fully saturated rings. The van der Waals surface area contributed by atoms with E-state index in [1.54, 1.807) is 18.4 Å². The van der Waals surface area contributed by atoms with Crippen molar-refractivity contribution in [3.8, 4) is 0 Å². The molecular formula is C14H17NO2S. The zero-order valence-electron chi connectivity index (χ0n) is 10.8. The first-order valence-electron chi connectivity index (χ1n) is 5.90. The van der Waals surface area contributed by atoms with Gasteiger partial charge in [0.05, 0.1) is 7.11 Å². The highest BCUT2D eigenvalue weighted by Gasteiger charge is 2.27. The summed E-state index contributed by atoms with van der Waals surface area (Å²) in [5, 5.41) is 6.38. The minimum Gasteiger partial charge on any atom is -0.468 e. The summed E-state index contributed by atoms with van der Waals surface area (Å²) in [6.07, 6.45) is 0. The number of carbonyl (C=O) groups is 1. The Bertz CT molecular complexity index is 549. The van der Waals surface area contributed by atoms with Crippen LogP contribution in [0.5, 0.6) is 0 Å². The molecule has 2 atom stereocenters. The van der Waals surface area contributed by atoms with Crippen molar-refractivity contribution in [1.82, 2.24) is 5.32 Å². The molecule has 1 aromatic heterocycles. The summed E-state index contributed by atoms with van der Waals surface area (Å²) in [6, 6.07) is 7.94. The van der Waals surface area contributed by atoms with Crippen LogP contribution in [0.1, 0.15) is 18.4 Å². The number of esters is 1. The SMILES string of the molecule is CN[C@@H](C(=O)OC)[C@@H](C)c1csc2ccccc12. The number of hydrogen-bond acceptors (Lipinski definition) is 4. The lowest BCUT2D eigenvalue weighted by Crippen LogP contribution is -2.39. The van der Waals surface area contributed by atoms with Gasteiger partial charge in [0.25, 0.3) is 0 Å². The van der Waals surface area contributed by atoms with Gasteiger partial charge in [0, 0.05) is 10.6 Å². The second-order valence-electron chi connectivity index (χ2n) is 4.27. The first-order chi connectivity index (χ1) is 8.69. The smallest absolute Gasteiger partial charge is 0.323 e. The minimum absolute atomic E-state index is 0.0820. The van der Waals surface area contributed by atoms with E-state index < -0.39 is 0 Å². The van der Waals surface area contributed by atoms with Gasteiger partial charge in [-0.05, 0) is 29.4 Å². The number of hydrogen-bond donors (Lipinski definition) is 1. The third kappa shape index (κ3) is 2.26. The fraction of sp³-hybridized carbons (Fsp3) is 0.357. The van der Waals surface area contributed by atoms with Gasteiger partial charge in [-0.15, -0.1) is 11.3 Å². The zero-order valence-corrected chi connectivity index (χ0v) is 11.6. The molecule has 0 saturated heterocycles. The van der Waals surface area contributed by atoms with Crippen molar-refractivity contribution in [3.63, 3.8) is 0 Å². The number of ether oxygens (including phenoxy) is 1. The van der Waals surface area contributed by atoms with Crippen LogP contribution >= 0.6 is 11.3 Å². The van der Waals surface area contributed by atoms with Gasteiger partial charge < -0.3 is 10.1 Å². The summed E-state index contributed by atoms with van der Waals surface area (Å²) in [7, 11) is 3.21.